The Morgan fingerprint density at radius 1 is 1.13 bits per heavy atom. The van der Waals surface area contributed by atoms with E-state index in [1.54, 1.807) is 24.3 Å². The molecule has 2 aromatic rings. The van der Waals surface area contributed by atoms with Crippen molar-refractivity contribution >= 4 is 17.5 Å². The third-order valence-electron chi connectivity index (χ3n) is 2.88. The summed E-state index contributed by atoms with van der Waals surface area (Å²) in [5.41, 5.74) is -0.216. The molecule has 0 atom stereocenters. The SMILES string of the molecule is O=C(NCC#Cc1cccc(C(F)(F)F)c1)c1ccccc1Cl. The summed E-state index contributed by atoms with van der Waals surface area (Å²) in [6.07, 6.45) is -4.41. The summed E-state index contributed by atoms with van der Waals surface area (Å²) in [4.78, 5) is 11.9. The van der Waals surface area contributed by atoms with E-state index >= 15 is 0 Å². The number of nitrogens with one attached hydrogen (secondary N) is 1. The van der Waals surface area contributed by atoms with Gasteiger partial charge in [0.2, 0.25) is 0 Å². The van der Waals surface area contributed by atoms with Gasteiger partial charge in [-0.15, -0.1) is 0 Å². The predicted molar refractivity (Wildman–Crippen MR) is 82.1 cm³/mol. The molecule has 0 heterocycles. The Labute approximate surface area is 136 Å². The van der Waals surface area contributed by atoms with Crippen molar-refractivity contribution in [1.82, 2.24) is 5.32 Å². The van der Waals surface area contributed by atoms with Crippen LogP contribution >= 0.6 is 11.6 Å². The number of rotatable bonds is 2. The average Bonchev–Trinajstić information content (AvgIpc) is 2.51. The molecule has 2 nitrogen and oxygen atoms in total. The zero-order valence-electron chi connectivity index (χ0n) is 11.7. The van der Waals surface area contributed by atoms with Crippen molar-refractivity contribution in [3.05, 3.63) is 70.2 Å². The van der Waals surface area contributed by atoms with Crippen LogP contribution in [0.15, 0.2) is 48.5 Å². The number of halogens is 4. The van der Waals surface area contributed by atoms with Gasteiger partial charge in [-0.3, -0.25) is 4.79 Å². The van der Waals surface area contributed by atoms with Gasteiger partial charge in [-0.2, -0.15) is 13.2 Å². The molecule has 23 heavy (non-hydrogen) atoms. The molecule has 0 saturated heterocycles. The highest BCUT2D eigenvalue weighted by molar-refractivity contribution is 6.33. The van der Waals surface area contributed by atoms with Gasteiger partial charge < -0.3 is 5.32 Å². The molecule has 1 N–H and O–H groups in total. The van der Waals surface area contributed by atoms with Gasteiger partial charge in [-0.1, -0.05) is 41.6 Å². The Hall–Kier alpha value is -2.45. The molecule has 0 radical (unpaired) electrons. The highest BCUT2D eigenvalue weighted by Crippen LogP contribution is 2.29. The minimum atomic E-state index is -4.41. The molecule has 6 heteroatoms. The minimum Gasteiger partial charge on any atom is -0.341 e. The van der Waals surface area contributed by atoms with Crippen LogP contribution < -0.4 is 5.32 Å². The summed E-state index contributed by atoms with van der Waals surface area (Å²) in [7, 11) is 0. The van der Waals surface area contributed by atoms with Crippen molar-refractivity contribution < 1.29 is 18.0 Å². The molecule has 0 aromatic heterocycles. The second-order valence-corrected chi connectivity index (χ2v) is 4.95. The Morgan fingerprint density at radius 2 is 1.87 bits per heavy atom. The lowest BCUT2D eigenvalue weighted by Gasteiger charge is -2.05. The summed E-state index contributed by atoms with van der Waals surface area (Å²) >= 11 is 5.88. The van der Waals surface area contributed by atoms with Crippen molar-refractivity contribution in [3.8, 4) is 11.8 Å². The van der Waals surface area contributed by atoms with Gasteiger partial charge in [0.15, 0.2) is 0 Å². The van der Waals surface area contributed by atoms with Crippen molar-refractivity contribution in [3.63, 3.8) is 0 Å². The minimum absolute atomic E-state index is 0.000300. The summed E-state index contributed by atoms with van der Waals surface area (Å²) < 4.78 is 37.7. The molecule has 0 unspecified atom stereocenters. The maximum atomic E-state index is 12.6. The van der Waals surface area contributed by atoms with Crippen LogP contribution in [-0.2, 0) is 6.18 Å². The second kappa shape index (κ2) is 7.21. The van der Waals surface area contributed by atoms with Crippen LogP contribution in [0.2, 0.25) is 5.02 Å². The number of carbonyl (C=O) groups is 1. The standard InChI is InChI=1S/C17H11ClF3NO/c18-15-9-2-1-8-14(15)16(23)22-10-4-6-12-5-3-7-13(11-12)17(19,20)21/h1-3,5,7-9,11H,10H2,(H,22,23). The lowest BCUT2D eigenvalue weighted by atomic mass is 10.1. The molecule has 0 aliphatic carbocycles. The van der Waals surface area contributed by atoms with E-state index in [9.17, 15) is 18.0 Å². The highest BCUT2D eigenvalue weighted by Gasteiger charge is 2.30. The maximum Gasteiger partial charge on any atom is 0.416 e. The monoisotopic (exact) mass is 337 g/mol. The molecule has 118 valence electrons. The topological polar surface area (TPSA) is 29.1 Å². The van der Waals surface area contributed by atoms with Crippen molar-refractivity contribution in [2.75, 3.05) is 6.54 Å². The van der Waals surface area contributed by atoms with Gasteiger partial charge in [-0.25, -0.2) is 0 Å². The molecule has 0 aliphatic rings. The first-order valence-electron chi connectivity index (χ1n) is 6.57. The van der Waals surface area contributed by atoms with E-state index in [0.717, 1.165) is 12.1 Å². The fraction of sp³-hybridized carbons (Fsp3) is 0.118. The number of hydrogen-bond donors (Lipinski definition) is 1. The molecular formula is C17H11ClF3NO. The van der Waals surface area contributed by atoms with Crippen molar-refractivity contribution in [2.45, 2.75) is 6.18 Å². The Bertz CT molecular complexity index is 775. The van der Waals surface area contributed by atoms with Gasteiger partial charge in [0.05, 0.1) is 22.7 Å². The lowest BCUT2D eigenvalue weighted by Crippen LogP contribution is -2.23. The molecular weight excluding hydrogens is 327 g/mol. The highest BCUT2D eigenvalue weighted by atomic mass is 35.5. The molecule has 2 aromatic carbocycles. The Kier molecular flexibility index (Phi) is 5.30. The maximum absolute atomic E-state index is 12.6. The van der Waals surface area contributed by atoms with Crippen molar-refractivity contribution in [1.29, 1.82) is 0 Å². The zero-order valence-corrected chi connectivity index (χ0v) is 12.5. The van der Waals surface area contributed by atoms with Gasteiger partial charge in [-0.05, 0) is 30.3 Å². The number of alkyl halides is 3. The first-order valence-corrected chi connectivity index (χ1v) is 6.94. The lowest BCUT2D eigenvalue weighted by molar-refractivity contribution is -0.137. The predicted octanol–water partition coefficient (Wildman–Crippen LogP) is 4.14. The summed E-state index contributed by atoms with van der Waals surface area (Å²) in [6.45, 7) is 0.000300. The summed E-state index contributed by atoms with van der Waals surface area (Å²) in [5, 5.41) is 2.85. The quantitative estimate of drug-likeness (QED) is 0.820. The van der Waals surface area contributed by atoms with E-state index in [1.165, 1.54) is 12.1 Å². The number of amides is 1. The molecule has 0 bridgehead atoms. The van der Waals surface area contributed by atoms with Gasteiger partial charge in [0, 0.05) is 5.56 Å². The van der Waals surface area contributed by atoms with E-state index in [2.05, 4.69) is 17.2 Å². The number of hydrogen-bond acceptors (Lipinski definition) is 1. The normalized spacial score (nSPS) is 10.6. The fourth-order valence-corrected chi connectivity index (χ4v) is 2.01. The third-order valence-corrected chi connectivity index (χ3v) is 3.21. The summed E-state index contributed by atoms with van der Waals surface area (Å²) in [6, 6.07) is 11.2. The van der Waals surface area contributed by atoms with E-state index in [0.29, 0.717) is 10.6 Å². The van der Waals surface area contributed by atoms with Crippen LogP contribution in [0.5, 0.6) is 0 Å². The van der Waals surface area contributed by atoms with Gasteiger partial charge in [0.25, 0.3) is 5.91 Å². The van der Waals surface area contributed by atoms with Crippen LogP contribution in [0.3, 0.4) is 0 Å². The van der Waals surface area contributed by atoms with Crippen molar-refractivity contribution in [2.24, 2.45) is 0 Å². The molecule has 0 saturated carbocycles. The first kappa shape index (κ1) is 16.9. The zero-order chi connectivity index (χ0) is 16.9. The number of benzene rings is 2. The van der Waals surface area contributed by atoms with Crippen LogP contribution in [-0.4, -0.2) is 12.5 Å². The van der Waals surface area contributed by atoms with Gasteiger partial charge >= 0.3 is 6.18 Å². The largest absolute Gasteiger partial charge is 0.416 e. The fourth-order valence-electron chi connectivity index (χ4n) is 1.78. The van der Waals surface area contributed by atoms with Crippen LogP contribution in [0.1, 0.15) is 21.5 Å². The van der Waals surface area contributed by atoms with E-state index < -0.39 is 17.6 Å². The summed E-state index contributed by atoms with van der Waals surface area (Å²) in [5.74, 6) is 4.79. The average molecular weight is 338 g/mol. The second-order valence-electron chi connectivity index (χ2n) is 4.54. The molecule has 1 amide bonds. The Balaban J connectivity index is 1.99. The van der Waals surface area contributed by atoms with Crippen LogP contribution in [0, 0.1) is 11.8 Å². The third kappa shape index (κ3) is 4.76. The van der Waals surface area contributed by atoms with Crippen LogP contribution in [0.25, 0.3) is 0 Å². The molecule has 2 rings (SSSR count). The first-order chi connectivity index (χ1) is 10.9. The van der Waals surface area contributed by atoms with E-state index in [4.69, 9.17) is 11.6 Å². The molecule has 0 spiro atoms. The molecule has 0 fully saturated rings. The van der Waals surface area contributed by atoms with Gasteiger partial charge in [0.1, 0.15) is 0 Å². The van der Waals surface area contributed by atoms with Crippen LogP contribution in [0.4, 0.5) is 13.2 Å². The van der Waals surface area contributed by atoms with E-state index in [1.807, 2.05) is 0 Å². The smallest absolute Gasteiger partial charge is 0.341 e. The number of carbonyl (C=O) groups excluding carboxylic acids is 1. The van der Waals surface area contributed by atoms with E-state index in [-0.39, 0.29) is 12.1 Å². The molecule has 0 aliphatic heterocycles. The Morgan fingerprint density at radius 3 is 2.57 bits per heavy atom.